The van der Waals surface area contributed by atoms with Gasteiger partial charge in [0, 0.05) is 40.0 Å². The number of H-pyrrole nitrogens is 2. The number of hydrogen-bond donors (Lipinski definition) is 3. The number of aromatic amines is 2. The first-order valence-electron chi connectivity index (χ1n) is 9.14. The average molecular weight is 349 g/mol. The van der Waals surface area contributed by atoms with Crippen molar-refractivity contribution in [1.29, 1.82) is 0 Å². The van der Waals surface area contributed by atoms with Crippen LogP contribution in [0.4, 0.5) is 0 Å². The number of carbonyl (C=O) groups is 1. The van der Waals surface area contributed by atoms with E-state index in [0.29, 0.717) is 11.1 Å². The van der Waals surface area contributed by atoms with E-state index in [0.717, 1.165) is 35.0 Å². The van der Waals surface area contributed by atoms with Gasteiger partial charge in [-0.3, -0.25) is 9.59 Å². The third-order valence-corrected chi connectivity index (χ3v) is 5.28. The van der Waals surface area contributed by atoms with Crippen molar-refractivity contribution < 1.29 is 4.79 Å². The molecule has 134 valence electrons. The van der Waals surface area contributed by atoms with E-state index in [9.17, 15) is 9.59 Å². The molecule has 26 heavy (non-hydrogen) atoms. The summed E-state index contributed by atoms with van der Waals surface area (Å²) in [5.74, 6) is -0.156. The summed E-state index contributed by atoms with van der Waals surface area (Å²) >= 11 is 0. The van der Waals surface area contributed by atoms with Crippen LogP contribution in [0.1, 0.15) is 51.3 Å². The summed E-state index contributed by atoms with van der Waals surface area (Å²) in [4.78, 5) is 31.0. The van der Waals surface area contributed by atoms with Gasteiger partial charge in [-0.05, 0) is 74.9 Å². The molecule has 2 aromatic heterocycles. The van der Waals surface area contributed by atoms with Crippen LogP contribution in [-0.2, 0) is 19.4 Å². The third-order valence-electron chi connectivity index (χ3n) is 5.28. The molecular weight excluding hydrogens is 326 g/mol. The Morgan fingerprint density at radius 3 is 2.73 bits per heavy atom. The van der Waals surface area contributed by atoms with Crippen LogP contribution in [0.25, 0.3) is 10.9 Å². The van der Waals surface area contributed by atoms with E-state index in [1.807, 2.05) is 38.1 Å². The minimum atomic E-state index is -0.156. The molecule has 5 nitrogen and oxygen atoms in total. The smallest absolute Gasteiger partial charge is 0.253 e. The number of benzene rings is 1. The van der Waals surface area contributed by atoms with Crippen molar-refractivity contribution in [3.63, 3.8) is 0 Å². The van der Waals surface area contributed by atoms with Crippen molar-refractivity contribution in [2.45, 2.75) is 46.1 Å². The molecule has 1 aromatic carbocycles. The zero-order chi connectivity index (χ0) is 18.3. The van der Waals surface area contributed by atoms with E-state index in [1.54, 1.807) is 0 Å². The predicted molar refractivity (Wildman–Crippen MR) is 103 cm³/mol. The van der Waals surface area contributed by atoms with Crippen LogP contribution in [0, 0.1) is 13.8 Å². The van der Waals surface area contributed by atoms with Crippen molar-refractivity contribution >= 4 is 16.8 Å². The Labute approximate surface area is 151 Å². The highest BCUT2D eigenvalue weighted by Gasteiger charge is 2.17. The average Bonchev–Trinajstić information content (AvgIpc) is 2.98. The molecular formula is C21H23N3O2. The molecule has 3 N–H and O–H groups in total. The van der Waals surface area contributed by atoms with Gasteiger partial charge in [-0.1, -0.05) is 0 Å². The second-order valence-corrected chi connectivity index (χ2v) is 7.18. The number of fused-ring (bicyclic) bond motifs is 3. The van der Waals surface area contributed by atoms with Crippen LogP contribution >= 0.6 is 0 Å². The number of aromatic nitrogens is 2. The Kier molecular flexibility index (Phi) is 4.15. The van der Waals surface area contributed by atoms with Gasteiger partial charge in [-0.2, -0.15) is 0 Å². The van der Waals surface area contributed by atoms with Crippen molar-refractivity contribution in [3.05, 3.63) is 68.3 Å². The molecule has 0 unspecified atom stereocenters. The Balaban J connectivity index is 1.58. The Morgan fingerprint density at radius 1 is 1.12 bits per heavy atom. The largest absolute Gasteiger partial charge is 0.358 e. The first-order valence-corrected chi connectivity index (χ1v) is 9.14. The van der Waals surface area contributed by atoms with Crippen LogP contribution in [-0.4, -0.2) is 15.9 Å². The number of hydrogen-bond acceptors (Lipinski definition) is 2. The second kappa shape index (κ2) is 6.48. The molecule has 5 heteroatoms. The number of carbonyl (C=O) groups excluding carboxylic acids is 1. The molecule has 0 saturated carbocycles. The molecule has 0 aliphatic heterocycles. The van der Waals surface area contributed by atoms with Crippen molar-refractivity contribution in [1.82, 2.24) is 15.3 Å². The lowest BCUT2D eigenvalue weighted by molar-refractivity contribution is 0.0951. The maximum absolute atomic E-state index is 12.6. The van der Waals surface area contributed by atoms with Gasteiger partial charge in [0.05, 0.1) is 0 Å². The van der Waals surface area contributed by atoms with Gasteiger partial charge in [0.2, 0.25) is 0 Å². The lowest BCUT2D eigenvalue weighted by atomic mass is 9.95. The third kappa shape index (κ3) is 2.94. The van der Waals surface area contributed by atoms with E-state index >= 15 is 0 Å². The molecule has 0 spiro atoms. The fourth-order valence-electron chi connectivity index (χ4n) is 3.92. The van der Waals surface area contributed by atoms with Gasteiger partial charge in [0.25, 0.3) is 11.5 Å². The Morgan fingerprint density at radius 2 is 1.92 bits per heavy atom. The number of rotatable bonds is 3. The predicted octanol–water partition coefficient (Wildman–Crippen LogP) is 3.28. The van der Waals surface area contributed by atoms with Gasteiger partial charge in [-0.15, -0.1) is 0 Å². The van der Waals surface area contributed by atoms with Gasteiger partial charge in [-0.25, -0.2) is 0 Å². The number of nitrogens with one attached hydrogen (secondary N) is 3. The molecule has 1 aliphatic rings. The van der Waals surface area contributed by atoms with Gasteiger partial charge in [0.1, 0.15) is 0 Å². The molecule has 1 aliphatic carbocycles. The highest BCUT2D eigenvalue weighted by atomic mass is 16.1. The van der Waals surface area contributed by atoms with Crippen molar-refractivity contribution in [3.8, 4) is 0 Å². The van der Waals surface area contributed by atoms with E-state index < -0.39 is 0 Å². The van der Waals surface area contributed by atoms with Crippen LogP contribution in [0.5, 0.6) is 0 Å². The Hall–Kier alpha value is -2.82. The molecule has 1 amide bonds. The van der Waals surface area contributed by atoms with Crippen LogP contribution in [0.15, 0.2) is 29.1 Å². The zero-order valence-electron chi connectivity index (χ0n) is 15.2. The first-order chi connectivity index (χ1) is 12.5. The molecule has 3 aromatic rings. The van der Waals surface area contributed by atoms with E-state index in [4.69, 9.17) is 0 Å². The molecule has 0 fully saturated rings. The normalized spacial score (nSPS) is 13.6. The summed E-state index contributed by atoms with van der Waals surface area (Å²) in [6.07, 6.45) is 4.57. The maximum atomic E-state index is 12.6. The van der Waals surface area contributed by atoms with Crippen LogP contribution < -0.4 is 10.9 Å². The highest BCUT2D eigenvalue weighted by Crippen LogP contribution is 2.29. The van der Waals surface area contributed by atoms with Crippen molar-refractivity contribution in [2.75, 3.05) is 0 Å². The fourth-order valence-corrected chi connectivity index (χ4v) is 3.92. The summed E-state index contributed by atoms with van der Waals surface area (Å²) < 4.78 is 0. The number of pyridine rings is 1. The molecule has 0 atom stereocenters. The van der Waals surface area contributed by atoms with Gasteiger partial charge >= 0.3 is 0 Å². The maximum Gasteiger partial charge on any atom is 0.253 e. The van der Waals surface area contributed by atoms with Crippen molar-refractivity contribution in [2.24, 2.45) is 0 Å². The second-order valence-electron chi connectivity index (χ2n) is 7.18. The molecule has 4 rings (SSSR count). The van der Waals surface area contributed by atoms with Gasteiger partial charge in [0.15, 0.2) is 0 Å². The van der Waals surface area contributed by atoms with E-state index in [1.165, 1.54) is 24.1 Å². The minimum absolute atomic E-state index is 0.141. The standard InChI is InChI=1S/C21H23N3O2/c1-12-9-13(2)23-21(26)17(12)11-22-20(25)14-7-8-19-16(10-14)15-5-3-4-6-18(15)24-19/h7-10,24H,3-6,11H2,1-2H3,(H,22,25)(H,23,26). The van der Waals surface area contributed by atoms with Gasteiger partial charge < -0.3 is 15.3 Å². The SMILES string of the molecule is Cc1cc(C)c(CNC(=O)c2ccc3[nH]c4c(c3c2)CCCC4)c(=O)[nH]1. The minimum Gasteiger partial charge on any atom is -0.358 e. The topological polar surface area (TPSA) is 77.8 Å². The lowest BCUT2D eigenvalue weighted by Gasteiger charge is -2.11. The quantitative estimate of drug-likeness (QED) is 0.678. The summed E-state index contributed by atoms with van der Waals surface area (Å²) in [5.41, 5.74) is 6.57. The summed E-state index contributed by atoms with van der Waals surface area (Å²) in [5, 5.41) is 4.03. The molecule has 0 bridgehead atoms. The number of aryl methyl sites for hydroxylation is 4. The van der Waals surface area contributed by atoms with Crippen LogP contribution in [0.2, 0.25) is 0 Å². The molecule has 0 saturated heterocycles. The lowest BCUT2D eigenvalue weighted by Crippen LogP contribution is -2.27. The summed E-state index contributed by atoms with van der Waals surface area (Å²) in [7, 11) is 0. The summed E-state index contributed by atoms with van der Waals surface area (Å²) in [6.45, 7) is 3.97. The van der Waals surface area contributed by atoms with E-state index in [-0.39, 0.29) is 18.0 Å². The number of amides is 1. The highest BCUT2D eigenvalue weighted by molar-refractivity contribution is 5.99. The fraction of sp³-hybridized carbons (Fsp3) is 0.333. The monoisotopic (exact) mass is 349 g/mol. The molecule has 0 radical (unpaired) electrons. The summed E-state index contributed by atoms with van der Waals surface area (Å²) in [6, 6.07) is 7.71. The zero-order valence-corrected chi connectivity index (χ0v) is 15.2. The first kappa shape index (κ1) is 16.6. The Bertz CT molecular complexity index is 1060. The van der Waals surface area contributed by atoms with Crippen LogP contribution in [0.3, 0.4) is 0 Å². The van der Waals surface area contributed by atoms with E-state index in [2.05, 4.69) is 15.3 Å². The molecule has 2 heterocycles.